The predicted molar refractivity (Wildman–Crippen MR) is 45.3 cm³/mol. The molecule has 0 aromatic rings. The average Bonchev–Trinajstić information content (AvgIpc) is 2.18. The molecule has 0 spiro atoms. The van der Waals surface area contributed by atoms with E-state index < -0.39 is 23.8 Å². The van der Waals surface area contributed by atoms with Gasteiger partial charge in [-0.15, -0.1) is 0 Å². The van der Waals surface area contributed by atoms with Crippen molar-refractivity contribution in [1.82, 2.24) is 0 Å². The van der Waals surface area contributed by atoms with Gasteiger partial charge < -0.3 is 24.4 Å². The molecule has 1 fully saturated rings. The van der Waals surface area contributed by atoms with Gasteiger partial charge in [0.25, 0.3) is 5.60 Å². The minimum absolute atomic E-state index is 0.0240. The van der Waals surface area contributed by atoms with Crippen LogP contribution in [0.5, 0.6) is 0 Å². The summed E-state index contributed by atoms with van der Waals surface area (Å²) in [6, 6.07) is 0. The van der Waals surface area contributed by atoms with Crippen LogP contribution in [-0.4, -0.2) is 53.9 Å². The molecule has 1 aliphatic rings. The molecule has 1 unspecified atom stereocenters. The monoisotopic (exact) mass is 220 g/mol. The molecule has 0 aromatic carbocycles. The summed E-state index contributed by atoms with van der Waals surface area (Å²) in [4.78, 5) is 21.5. The summed E-state index contributed by atoms with van der Waals surface area (Å²) in [5, 5.41) is 17.5. The second-order valence-electron chi connectivity index (χ2n) is 3.14. The molecule has 0 bridgehead atoms. The van der Waals surface area contributed by atoms with Crippen molar-refractivity contribution in [2.24, 2.45) is 0 Å². The third kappa shape index (κ3) is 2.65. The van der Waals surface area contributed by atoms with Gasteiger partial charge in [0.2, 0.25) is 0 Å². The van der Waals surface area contributed by atoms with Gasteiger partial charge in [0.15, 0.2) is 6.29 Å². The number of carbonyl (C=O) groups is 2. The maximum Gasteiger partial charge on any atom is 0.347 e. The molecule has 1 saturated heterocycles. The molecule has 0 aliphatic carbocycles. The Bertz CT molecular complexity index is 242. The van der Waals surface area contributed by atoms with E-state index in [-0.39, 0.29) is 13.2 Å². The molecular formula is C8H12O7. The van der Waals surface area contributed by atoms with E-state index in [0.29, 0.717) is 6.61 Å². The van der Waals surface area contributed by atoms with Gasteiger partial charge in [0, 0.05) is 0 Å². The minimum atomic E-state index is -2.31. The molecule has 7 heteroatoms. The summed E-state index contributed by atoms with van der Waals surface area (Å²) in [5.74, 6) is -3.16. The molecule has 0 radical (unpaired) electrons. The smallest absolute Gasteiger partial charge is 0.347 e. The second kappa shape index (κ2) is 4.56. The van der Waals surface area contributed by atoms with Gasteiger partial charge >= 0.3 is 11.9 Å². The highest BCUT2D eigenvalue weighted by Gasteiger charge is 2.45. The Labute approximate surface area is 85.5 Å². The third-order valence-corrected chi connectivity index (χ3v) is 1.97. The van der Waals surface area contributed by atoms with Crippen LogP contribution in [0.25, 0.3) is 0 Å². The van der Waals surface area contributed by atoms with E-state index in [4.69, 9.17) is 24.4 Å². The number of carboxylic acid groups (broad SMARTS) is 2. The first-order valence-electron chi connectivity index (χ1n) is 4.31. The molecule has 1 aliphatic heterocycles. The van der Waals surface area contributed by atoms with Crippen LogP contribution in [0, 0.1) is 0 Å². The summed E-state index contributed by atoms with van der Waals surface area (Å²) in [6.45, 7) is 1.61. The molecular weight excluding hydrogens is 208 g/mol. The predicted octanol–water partition coefficient (Wildman–Crippen LogP) is -0.696. The summed E-state index contributed by atoms with van der Waals surface area (Å²) < 4.78 is 14.8. The summed E-state index contributed by atoms with van der Waals surface area (Å²) in [7, 11) is 0. The zero-order chi connectivity index (χ0) is 11.5. The van der Waals surface area contributed by atoms with Crippen molar-refractivity contribution in [3.05, 3.63) is 0 Å². The van der Waals surface area contributed by atoms with Crippen LogP contribution in [0.2, 0.25) is 0 Å². The lowest BCUT2D eigenvalue weighted by Crippen LogP contribution is -2.50. The van der Waals surface area contributed by atoms with Gasteiger partial charge in [-0.3, -0.25) is 0 Å². The zero-order valence-electron chi connectivity index (χ0n) is 8.13. The molecule has 2 N–H and O–H groups in total. The number of carboxylic acids is 2. The van der Waals surface area contributed by atoms with Crippen LogP contribution in [0.15, 0.2) is 0 Å². The number of ether oxygens (including phenoxy) is 3. The fourth-order valence-corrected chi connectivity index (χ4v) is 0.989. The SMILES string of the molecule is CC(OC1COCCO1)(C(=O)O)C(=O)O. The molecule has 1 atom stereocenters. The topological polar surface area (TPSA) is 102 Å². The van der Waals surface area contributed by atoms with Crippen molar-refractivity contribution in [3.63, 3.8) is 0 Å². The van der Waals surface area contributed by atoms with Crippen LogP contribution >= 0.6 is 0 Å². The van der Waals surface area contributed by atoms with Crippen LogP contribution in [0.4, 0.5) is 0 Å². The quantitative estimate of drug-likeness (QED) is 0.604. The van der Waals surface area contributed by atoms with Crippen molar-refractivity contribution in [1.29, 1.82) is 0 Å². The van der Waals surface area contributed by atoms with Crippen molar-refractivity contribution < 1.29 is 34.0 Å². The molecule has 86 valence electrons. The van der Waals surface area contributed by atoms with Crippen molar-refractivity contribution in [3.8, 4) is 0 Å². The number of rotatable bonds is 4. The molecule has 0 amide bonds. The maximum absolute atomic E-state index is 10.7. The van der Waals surface area contributed by atoms with E-state index in [9.17, 15) is 9.59 Å². The van der Waals surface area contributed by atoms with Gasteiger partial charge in [0.05, 0.1) is 19.8 Å². The second-order valence-corrected chi connectivity index (χ2v) is 3.14. The lowest BCUT2D eigenvalue weighted by atomic mass is 10.1. The van der Waals surface area contributed by atoms with Crippen LogP contribution in [0.3, 0.4) is 0 Å². The van der Waals surface area contributed by atoms with Gasteiger partial charge in [-0.05, 0) is 6.92 Å². The van der Waals surface area contributed by atoms with E-state index in [1.54, 1.807) is 0 Å². The van der Waals surface area contributed by atoms with Gasteiger partial charge in [0.1, 0.15) is 0 Å². The van der Waals surface area contributed by atoms with Crippen LogP contribution in [-0.2, 0) is 23.8 Å². The first-order valence-corrected chi connectivity index (χ1v) is 4.31. The zero-order valence-corrected chi connectivity index (χ0v) is 8.13. The highest BCUT2D eigenvalue weighted by atomic mass is 16.7. The molecule has 7 nitrogen and oxygen atoms in total. The van der Waals surface area contributed by atoms with Crippen molar-refractivity contribution in [2.75, 3.05) is 19.8 Å². The maximum atomic E-state index is 10.7. The molecule has 0 saturated carbocycles. The lowest BCUT2D eigenvalue weighted by Gasteiger charge is -2.29. The fraction of sp³-hybridized carbons (Fsp3) is 0.750. The first-order chi connectivity index (χ1) is 6.97. The highest BCUT2D eigenvalue weighted by Crippen LogP contribution is 2.16. The normalized spacial score (nSPS) is 22.3. The van der Waals surface area contributed by atoms with E-state index in [0.717, 1.165) is 6.92 Å². The number of aliphatic carboxylic acids is 2. The van der Waals surface area contributed by atoms with E-state index >= 15 is 0 Å². The molecule has 15 heavy (non-hydrogen) atoms. The summed E-state index contributed by atoms with van der Waals surface area (Å²) in [6.07, 6.45) is -0.962. The molecule has 0 aromatic heterocycles. The van der Waals surface area contributed by atoms with Gasteiger partial charge in [-0.25, -0.2) is 9.59 Å². The Morgan fingerprint density at radius 1 is 1.33 bits per heavy atom. The molecule has 1 rings (SSSR count). The summed E-state index contributed by atoms with van der Waals surface area (Å²) in [5.41, 5.74) is -2.31. The fourth-order valence-electron chi connectivity index (χ4n) is 0.989. The molecule has 1 heterocycles. The number of hydrogen-bond acceptors (Lipinski definition) is 5. The Kier molecular flexibility index (Phi) is 3.61. The van der Waals surface area contributed by atoms with Crippen LogP contribution < -0.4 is 0 Å². The highest BCUT2D eigenvalue weighted by molar-refractivity contribution is 6.01. The van der Waals surface area contributed by atoms with E-state index in [1.165, 1.54) is 0 Å². The Balaban J connectivity index is 2.65. The summed E-state index contributed by atoms with van der Waals surface area (Å²) >= 11 is 0. The minimum Gasteiger partial charge on any atom is -0.479 e. The standard InChI is InChI=1S/C8H12O7/c1-8(6(9)10,7(11)12)15-5-4-13-2-3-14-5/h5H,2-4H2,1H3,(H,9,10)(H,11,12). The van der Waals surface area contributed by atoms with Crippen molar-refractivity contribution >= 4 is 11.9 Å². The number of hydrogen-bond donors (Lipinski definition) is 2. The largest absolute Gasteiger partial charge is 0.479 e. The van der Waals surface area contributed by atoms with Gasteiger partial charge in [-0.2, -0.15) is 0 Å². The van der Waals surface area contributed by atoms with E-state index in [1.807, 2.05) is 0 Å². The Morgan fingerprint density at radius 3 is 2.33 bits per heavy atom. The third-order valence-electron chi connectivity index (χ3n) is 1.97. The lowest BCUT2D eigenvalue weighted by molar-refractivity contribution is -0.255. The average molecular weight is 220 g/mol. The Hall–Kier alpha value is -1.18. The Morgan fingerprint density at radius 2 is 1.93 bits per heavy atom. The first kappa shape index (κ1) is 11.9. The van der Waals surface area contributed by atoms with Crippen LogP contribution in [0.1, 0.15) is 6.92 Å². The van der Waals surface area contributed by atoms with Crippen molar-refractivity contribution in [2.45, 2.75) is 18.8 Å². The van der Waals surface area contributed by atoms with Gasteiger partial charge in [-0.1, -0.05) is 0 Å². The van der Waals surface area contributed by atoms with E-state index in [2.05, 4.69) is 0 Å².